The number of phenols is 1. The summed E-state index contributed by atoms with van der Waals surface area (Å²) in [5.41, 5.74) is 0.217. The summed E-state index contributed by atoms with van der Waals surface area (Å²) in [6.45, 7) is -1.61. The SMILES string of the molecule is O=C(O)C1=N[C@H](C(=O)O)CC(/C=C/N2c3cc(O)c(O[C@@H]4O[C@H](CO)[C@@H](O)[C@H](O)[C@H]4O[C@@H]4O[C@H](CO)[C@@H](O)[C@H](O)[C@H]4O)cc3C[C@@H]2C(=O)O)=C1. The van der Waals surface area contributed by atoms with Crippen molar-refractivity contribution in [3.8, 4) is 11.5 Å². The van der Waals surface area contributed by atoms with Crippen molar-refractivity contribution in [1.29, 1.82) is 0 Å². The minimum atomic E-state index is -1.92. The fourth-order valence-corrected chi connectivity index (χ4v) is 5.98. The molecular weight excluding hydrogens is 676 g/mol. The van der Waals surface area contributed by atoms with E-state index in [1.54, 1.807) is 0 Å². The molecule has 11 N–H and O–H groups in total. The number of carboxylic acids is 3. The molecule has 0 saturated carbocycles. The quantitative estimate of drug-likeness (QED) is 0.104. The average molecular weight is 713 g/mol. The van der Waals surface area contributed by atoms with Gasteiger partial charge >= 0.3 is 17.9 Å². The van der Waals surface area contributed by atoms with Crippen molar-refractivity contribution < 1.29 is 89.5 Å². The first-order chi connectivity index (χ1) is 23.6. The Labute approximate surface area is 281 Å². The normalized spacial score (nSPS) is 35.7. The Morgan fingerprint density at radius 2 is 1.50 bits per heavy atom. The van der Waals surface area contributed by atoms with E-state index in [-0.39, 0.29) is 29.9 Å². The molecular formula is C30H36N2O18. The predicted molar refractivity (Wildman–Crippen MR) is 161 cm³/mol. The van der Waals surface area contributed by atoms with Crippen molar-refractivity contribution >= 4 is 29.3 Å². The summed E-state index contributed by atoms with van der Waals surface area (Å²) in [5, 5.41) is 111. The van der Waals surface area contributed by atoms with Crippen molar-refractivity contribution in [2.24, 2.45) is 4.99 Å². The number of anilines is 1. The summed E-state index contributed by atoms with van der Waals surface area (Å²) in [6, 6.07) is -0.227. The molecule has 50 heavy (non-hydrogen) atoms. The molecule has 5 rings (SSSR count). The van der Waals surface area contributed by atoms with E-state index in [1.165, 1.54) is 23.2 Å². The van der Waals surface area contributed by atoms with E-state index < -0.39 is 116 Å². The molecule has 4 aliphatic heterocycles. The number of nitrogens with zero attached hydrogens (tertiary/aromatic N) is 2. The number of ether oxygens (including phenoxy) is 4. The van der Waals surface area contributed by atoms with Crippen LogP contribution in [0.15, 0.2) is 41.1 Å². The zero-order valence-corrected chi connectivity index (χ0v) is 25.8. The molecule has 4 aliphatic rings. The van der Waals surface area contributed by atoms with E-state index in [9.17, 15) is 70.6 Å². The molecule has 274 valence electrons. The number of aliphatic hydroxyl groups excluding tert-OH is 7. The lowest BCUT2D eigenvalue weighted by atomic mass is 9.97. The molecule has 2 fully saturated rings. The highest BCUT2D eigenvalue weighted by molar-refractivity contribution is 6.41. The van der Waals surface area contributed by atoms with Crippen molar-refractivity contribution in [2.45, 2.75) is 86.3 Å². The van der Waals surface area contributed by atoms with Crippen LogP contribution in [0.4, 0.5) is 5.69 Å². The molecule has 12 atom stereocenters. The minimum absolute atomic E-state index is 0.152. The summed E-state index contributed by atoms with van der Waals surface area (Å²) in [4.78, 5) is 40.2. The highest BCUT2D eigenvalue weighted by atomic mass is 16.8. The van der Waals surface area contributed by atoms with Crippen LogP contribution >= 0.6 is 0 Å². The first kappa shape index (κ1) is 37.0. The van der Waals surface area contributed by atoms with Gasteiger partial charge in [-0.1, -0.05) is 0 Å². The van der Waals surface area contributed by atoms with Gasteiger partial charge in [-0.05, 0) is 29.4 Å². The number of benzene rings is 1. The molecule has 1 aromatic rings. The number of carbonyl (C=O) groups is 3. The van der Waals surface area contributed by atoms with Crippen LogP contribution < -0.4 is 9.64 Å². The number of hydrogen-bond donors (Lipinski definition) is 11. The van der Waals surface area contributed by atoms with Gasteiger partial charge in [0.2, 0.25) is 6.29 Å². The fraction of sp³-hybridized carbons (Fsp3) is 0.533. The lowest BCUT2D eigenvalue weighted by molar-refractivity contribution is -0.358. The second-order valence-electron chi connectivity index (χ2n) is 11.9. The molecule has 0 spiro atoms. The summed E-state index contributed by atoms with van der Waals surface area (Å²) < 4.78 is 22.4. The van der Waals surface area contributed by atoms with Gasteiger partial charge in [0.25, 0.3) is 0 Å². The summed E-state index contributed by atoms with van der Waals surface area (Å²) >= 11 is 0. The first-order valence-electron chi connectivity index (χ1n) is 15.2. The number of fused-ring (bicyclic) bond motifs is 1. The van der Waals surface area contributed by atoms with Crippen molar-refractivity contribution in [2.75, 3.05) is 18.1 Å². The molecule has 0 aliphatic carbocycles. The number of phenolic OH excluding ortho intramolecular Hbond substituents is 1. The monoisotopic (exact) mass is 712 g/mol. The number of aliphatic hydroxyl groups is 7. The number of dihydropyridines is 1. The Bertz CT molecular complexity index is 1560. The second-order valence-corrected chi connectivity index (χ2v) is 11.9. The Morgan fingerprint density at radius 3 is 2.10 bits per heavy atom. The van der Waals surface area contributed by atoms with E-state index in [1.807, 2.05) is 0 Å². The van der Waals surface area contributed by atoms with Crippen LogP contribution in [0.1, 0.15) is 12.0 Å². The molecule has 0 radical (unpaired) electrons. The maximum atomic E-state index is 12.2. The van der Waals surface area contributed by atoms with Crippen molar-refractivity contribution in [1.82, 2.24) is 0 Å². The predicted octanol–water partition coefficient (Wildman–Crippen LogP) is -3.97. The summed E-state index contributed by atoms with van der Waals surface area (Å²) in [5.74, 6) is -5.02. The van der Waals surface area contributed by atoms with Crippen LogP contribution in [-0.4, -0.2) is 167 Å². The second kappa shape index (κ2) is 14.9. The van der Waals surface area contributed by atoms with Crippen LogP contribution in [0.3, 0.4) is 0 Å². The van der Waals surface area contributed by atoms with Crippen LogP contribution in [-0.2, 0) is 35.0 Å². The zero-order chi connectivity index (χ0) is 36.6. The highest BCUT2D eigenvalue weighted by Crippen LogP contribution is 2.42. The third-order valence-corrected chi connectivity index (χ3v) is 8.68. The molecule has 20 nitrogen and oxygen atoms in total. The van der Waals surface area contributed by atoms with Crippen LogP contribution in [0.5, 0.6) is 11.5 Å². The van der Waals surface area contributed by atoms with Crippen LogP contribution in [0.2, 0.25) is 0 Å². The number of carboxylic acid groups (broad SMARTS) is 3. The highest BCUT2D eigenvalue weighted by Gasteiger charge is 2.51. The van der Waals surface area contributed by atoms with E-state index in [4.69, 9.17) is 18.9 Å². The maximum Gasteiger partial charge on any atom is 0.354 e. The lowest BCUT2D eigenvalue weighted by Gasteiger charge is -2.45. The third kappa shape index (κ3) is 7.30. The molecule has 20 heteroatoms. The molecule has 0 bridgehead atoms. The van der Waals surface area contributed by atoms with Crippen LogP contribution in [0.25, 0.3) is 0 Å². The number of hydrogen-bond acceptors (Lipinski definition) is 17. The standard InChI is InChI=1S/C30H36N2O18/c33-8-18-20(36)22(38)24(40)29(48-18)50-25-23(39)21(37)19(9-34)49-30(25)47-17-6-11-5-15(28(45)46)32(14(11)7-16(17)35)2-1-10-3-12(26(41)42)31-13(4-10)27(43)44/h1-3,6-7,13,15,18-25,29-30,33-40H,4-5,8-9H2,(H,41,42)(H,43,44)(H,45,46)/b2-1+/t13-,15+,18+,19+,20+,21+,22-,23-,24+,25+,29-,30+/m0/s1. The molecule has 4 heterocycles. The van der Waals surface area contributed by atoms with Crippen molar-refractivity contribution in [3.05, 3.63) is 41.6 Å². The minimum Gasteiger partial charge on any atom is -0.504 e. The van der Waals surface area contributed by atoms with Gasteiger partial charge in [-0.2, -0.15) is 0 Å². The van der Waals surface area contributed by atoms with Gasteiger partial charge in [0.1, 0.15) is 54.5 Å². The van der Waals surface area contributed by atoms with E-state index in [0.717, 1.165) is 12.1 Å². The lowest BCUT2D eigenvalue weighted by Crippen LogP contribution is -2.65. The number of rotatable bonds is 11. The molecule has 0 unspecified atom stereocenters. The number of aliphatic carboxylic acids is 3. The smallest absolute Gasteiger partial charge is 0.354 e. The van der Waals surface area contributed by atoms with E-state index >= 15 is 0 Å². The van der Waals surface area contributed by atoms with Gasteiger partial charge in [-0.15, -0.1) is 0 Å². The van der Waals surface area contributed by atoms with Gasteiger partial charge in [-0.25, -0.2) is 14.4 Å². The summed E-state index contributed by atoms with van der Waals surface area (Å²) in [6.07, 6.45) is -13.9. The molecule has 1 aromatic carbocycles. The Kier molecular flexibility index (Phi) is 11.1. The summed E-state index contributed by atoms with van der Waals surface area (Å²) in [7, 11) is 0. The zero-order valence-electron chi connectivity index (χ0n) is 25.8. The van der Waals surface area contributed by atoms with Crippen molar-refractivity contribution in [3.63, 3.8) is 0 Å². The average Bonchev–Trinajstić information content (AvgIpc) is 3.43. The maximum absolute atomic E-state index is 12.2. The number of allylic oxidation sites excluding steroid dienone is 1. The Morgan fingerprint density at radius 1 is 0.860 bits per heavy atom. The number of aliphatic imine (C=N–C) groups is 1. The first-order valence-corrected chi connectivity index (χ1v) is 15.2. The third-order valence-electron chi connectivity index (χ3n) is 8.68. The van der Waals surface area contributed by atoms with Gasteiger partial charge in [-0.3, -0.25) is 4.99 Å². The van der Waals surface area contributed by atoms with Gasteiger partial charge in [0, 0.05) is 30.8 Å². The van der Waals surface area contributed by atoms with Gasteiger partial charge < -0.3 is 80.0 Å². The van der Waals surface area contributed by atoms with E-state index in [0.29, 0.717) is 5.56 Å². The van der Waals surface area contributed by atoms with E-state index in [2.05, 4.69) is 4.99 Å². The molecule has 2 saturated heterocycles. The Hall–Kier alpha value is -4.22. The molecule has 0 aromatic heterocycles. The topological polar surface area (TPSA) is 326 Å². The largest absolute Gasteiger partial charge is 0.504 e. The fourth-order valence-electron chi connectivity index (χ4n) is 5.98. The van der Waals surface area contributed by atoms with Gasteiger partial charge in [0.15, 0.2) is 29.9 Å². The molecule has 0 amide bonds. The van der Waals surface area contributed by atoms with Crippen LogP contribution in [0, 0.1) is 0 Å². The Balaban J connectivity index is 1.42. The van der Waals surface area contributed by atoms with Gasteiger partial charge in [0.05, 0.1) is 13.2 Å². The number of aromatic hydroxyl groups is 1.